The zero-order valence-corrected chi connectivity index (χ0v) is 17.0. The van der Waals surface area contributed by atoms with Crippen molar-refractivity contribution in [2.24, 2.45) is 0 Å². The normalized spacial score (nSPS) is 12.5. The van der Waals surface area contributed by atoms with Crippen molar-refractivity contribution in [1.82, 2.24) is 5.32 Å². The van der Waals surface area contributed by atoms with E-state index in [1.165, 1.54) is 18.2 Å². The molecule has 0 heterocycles. The molecule has 8 heteroatoms. The summed E-state index contributed by atoms with van der Waals surface area (Å²) in [6.45, 7) is 3.45. The summed E-state index contributed by atoms with van der Waals surface area (Å²) < 4.78 is 25.3. The molecule has 1 amide bonds. The number of carbonyl (C=O) groups excluding carboxylic acids is 1. The minimum absolute atomic E-state index is 0.239. The smallest absolute Gasteiger partial charge is 0.241 e. The predicted molar refractivity (Wildman–Crippen MR) is 106 cm³/mol. The largest absolute Gasteiger partial charge is 0.348 e. The predicted octanol–water partition coefficient (Wildman–Crippen LogP) is 3.95. The molecule has 0 aromatic heterocycles. The summed E-state index contributed by atoms with van der Waals surface area (Å²) >= 11 is 11.9. The van der Waals surface area contributed by atoms with E-state index < -0.39 is 15.9 Å². The van der Waals surface area contributed by atoms with E-state index in [9.17, 15) is 13.2 Å². The van der Waals surface area contributed by atoms with Gasteiger partial charge in [-0.2, -0.15) is 0 Å². The molecule has 0 saturated carbocycles. The lowest BCUT2D eigenvalue weighted by molar-refractivity contribution is -0.120. The average molecular weight is 415 g/mol. The number of amides is 1. The van der Waals surface area contributed by atoms with Crippen molar-refractivity contribution < 1.29 is 13.2 Å². The molecule has 0 aliphatic heterocycles. The molecule has 1 N–H and O–H groups in total. The molecule has 2 aromatic carbocycles. The van der Waals surface area contributed by atoms with Gasteiger partial charge < -0.3 is 5.32 Å². The zero-order valence-electron chi connectivity index (χ0n) is 14.7. The summed E-state index contributed by atoms with van der Waals surface area (Å²) in [5, 5.41) is 3.38. The molecule has 26 heavy (non-hydrogen) atoms. The molecule has 2 aromatic rings. The number of hydrogen-bond donors (Lipinski definition) is 1. The molecule has 0 aliphatic carbocycles. The number of hydrogen-bond acceptors (Lipinski definition) is 3. The van der Waals surface area contributed by atoms with Gasteiger partial charge >= 0.3 is 0 Å². The van der Waals surface area contributed by atoms with E-state index >= 15 is 0 Å². The van der Waals surface area contributed by atoms with Gasteiger partial charge in [-0.3, -0.25) is 9.10 Å². The number of carbonyl (C=O) groups is 1. The van der Waals surface area contributed by atoms with Crippen LogP contribution in [0, 0.1) is 6.92 Å². The van der Waals surface area contributed by atoms with Crippen LogP contribution in [0.2, 0.25) is 10.0 Å². The highest BCUT2D eigenvalue weighted by Gasteiger charge is 2.22. The monoisotopic (exact) mass is 414 g/mol. The van der Waals surface area contributed by atoms with Crippen LogP contribution in [0.3, 0.4) is 0 Å². The van der Waals surface area contributed by atoms with Gasteiger partial charge in [-0.15, -0.1) is 0 Å². The quantitative estimate of drug-likeness (QED) is 0.777. The van der Waals surface area contributed by atoms with Crippen molar-refractivity contribution in [2.45, 2.75) is 19.9 Å². The summed E-state index contributed by atoms with van der Waals surface area (Å²) in [5.41, 5.74) is 2.29. The maximum absolute atomic E-state index is 12.4. The molecule has 1 unspecified atom stereocenters. The van der Waals surface area contributed by atoms with E-state index in [0.29, 0.717) is 0 Å². The van der Waals surface area contributed by atoms with Crippen molar-refractivity contribution in [3.8, 4) is 0 Å². The fourth-order valence-electron chi connectivity index (χ4n) is 2.44. The Kier molecular flexibility index (Phi) is 6.55. The lowest BCUT2D eigenvalue weighted by atomic mass is 10.1. The molecule has 1 atom stereocenters. The Balaban J connectivity index is 2.18. The standard InChI is InChI=1S/C18H20Cl2N2O3S/c1-12-4-6-14(7-5-12)13(2)21-18(23)11-22(26(3,24)25)17-9-15(19)8-16(20)10-17/h4-10,13H,11H2,1-3H3,(H,21,23). The first-order chi connectivity index (χ1) is 12.1. The number of benzene rings is 2. The number of rotatable bonds is 6. The van der Waals surface area contributed by atoms with Crippen LogP contribution in [0.15, 0.2) is 42.5 Å². The van der Waals surface area contributed by atoms with Crippen LogP contribution in [0.25, 0.3) is 0 Å². The zero-order chi connectivity index (χ0) is 19.5. The van der Waals surface area contributed by atoms with Gasteiger partial charge in [0.2, 0.25) is 15.9 Å². The Hall–Kier alpha value is -1.76. The minimum atomic E-state index is -3.70. The second-order valence-corrected chi connectivity index (χ2v) is 8.88. The third kappa shape index (κ3) is 5.62. The highest BCUT2D eigenvalue weighted by atomic mass is 35.5. The van der Waals surface area contributed by atoms with Crippen LogP contribution >= 0.6 is 23.2 Å². The Morgan fingerprint density at radius 1 is 1.12 bits per heavy atom. The molecular weight excluding hydrogens is 395 g/mol. The number of aryl methyl sites for hydroxylation is 1. The van der Waals surface area contributed by atoms with Gasteiger partial charge in [0.05, 0.1) is 18.0 Å². The molecule has 0 bridgehead atoms. The summed E-state index contributed by atoms with van der Waals surface area (Å²) in [6.07, 6.45) is 1.03. The van der Waals surface area contributed by atoms with E-state index in [4.69, 9.17) is 23.2 Å². The van der Waals surface area contributed by atoms with Gasteiger partial charge in [-0.1, -0.05) is 53.0 Å². The number of sulfonamides is 1. The van der Waals surface area contributed by atoms with Crippen LogP contribution in [-0.2, 0) is 14.8 Å². The Bertz CT molecular complexity index is 879. The van der Waals surface area contributed by atoms with Gasteiger partial charge in [-0.25, -0.2) is 8.42 Å². The SMILES string of the molecule is Cc1ccc(C(C)NC(=O)CN(c2cc(Cl)cc(Cl)c2)S(C)(=O)=O)cc1. The summed E-state index contributed by atoms with van der Waals surface area (Å²) in [7, 11) is -3.70. The van der Waals surface area contributed by atoms with E-state index in [1.54, 1.807) is 0 Å². The first-order valence-corrected chi connectivity index (χ1v) is 10.5. The molecule has 2 rings (SSSR count). The summed E-state index contributed by atoms with van der Waals surface area (Å²) in [4.78, 5) is 12.4. The molecule has 0 aliphatic rings. The van der Waals surface area contributed by atoms with Gasteiger partial charge in [0.25, 0.3) is 0 Å². The van der Waals surface area contributed by atoms with E-state index in [0.717, 1.165) is 21.7 Å². The molecule has 0 fully saturated rings. The molecular formula is C18H20Cl2N2O3S. The average Bonchev–Trinajstić information content (AvgIpc) is 2.51. The first kappa shape index (κ1) is 20.6. The van der Waals surface area contributed by atoms with Gasteiger partial charge in [0, 0.05) is 10.0 Å². The first-order valence-electron chi connectivity index (χ1n) is 7.86. The second kappa shape index (κ2) is 8.29. The van der Waals surface area contributed by atoms with E-state index in [-0.39, 0.29) is 28.3 Å². The van der Waals surface area contributed by atoms with Gasteiger partial charge in [0.1, 0.15) is 6.54 Å². The van der Waals surface area contributed by atoms with Crippen LogP contribution in [0.4, 0.5) is 5.69 Å². The molecule has 5 nitrogen and oxygen atoms in total. The Morgan fingerprint density at radius 3 is 2.15 bits per heavy atom. The van der Waals surface area contributed by atoms with Crippen molar-refractivity contribution in [1.29, 1.82) is 0 Å². The van der Waals surface area contributed by atoms with Crippen LogP contribution in [0.5, 0.6) is 0 Å². The minimum Gasteiger partial charge on any atom is -0.348 e. The molecule has 140 valence electrons. The van der Waals surface area contributed by atoms with Crippen molar-refractivity contribution in [3.63, 3.8) is 0 Å². The summed E-state index contributed by atoms with van der Waals surface area (Å²) in [5.74, 6) is -0.431. The van der Waals surface area contributed by atoms with Gasteiger partial charge in [0.15, 0.2) is 0 Å². The second-order valence-electron chi connectivity index (χ2n) is 6.10. The van der Waals surface area contributed by atoms with Gasteiger partial charge in [-0.05, 0) is 37.6 Å². The number of halogens is 2. The van der Waals surface area contributed by atoms with Crippen LogP contribution in [0.1, 0.15) is 24.1 Å². The number of nitrogens with zero attached hydrogens (tertiary/aromatic N) is 1. The fourth-order valence-corrected chi connectivity index (χ4v) is 3.79. The van der Waals surface area contributed by atoms with Crippen molar-refractivity contribution in [3.05, 3.63) is 63.6 Å². The third-order valence-electron chi connectivity index (χ3n) is 3.78. The highest BCUT2D eigenvalue weighted by Crippen LogP contribution is 2.27. The van der Waals surface area contributed by atoms with Crippen molar-refractivity contribution in [2.75, 3.05) is 17.1 Å². The Labute approximate surface area is 164 Å². The maximum Gasteiger partial charge on any atom is 0.241 e. The highest BCUT2D eigenvalue weighted by molar-refractivity contribution is 7.92. The molecule has 0 spiro atoms. The number of anilines is 1. The third-order valence-corrected chi connectivity index (χ3v) is 5.35. The topological polar surface area (TPSA) is 66.5 Å². The lowest BCUT2D eigenvalue weighted by Gasteiger charge is -2.23. The maximum atomic E-state index is 12.4. The van der Waals surface area contributed by atoms with E-state index in [2.05, 4.69) is 5.32 Å². The molecule has 0 saturated heterocycles. The van der Waals surface area contributed by atoms with Crippen LogP contribution in [-0.4, -0.2) is 27.1 Å². The fraction of sp³-hybridized carbons (Fsp3) is 0.278. The lowest BCUT2D eigenvalue weighted by Crippen LogP contribution is -2.41. The van der Waals surface area contributed by atoms with Crippen molar-refractivity contribution >= 4 is 44.8 Å². The Morgan fingerprint density at radius 2 is 1.65 bits per heavy atom. The van der Waals surface area contributed by atoms with Crippen LogP contribution < -0.4 is 9.62 Å². The number of nitrogens with one attached hydrogen (secondary N) is 1. The van der Waals surface area contributed by atoms with E-state index in [1.807, 2.05) is 38.1 Å². The summed E-state index contributed by atoms with van der Waals surface area (Å²) in [6, 6.07) is 11.9. The molecule has 0 radical (unpaired) electrons.